The van der Waals surface area contributed by atoms with Crippen LogP contribution in [0.5, 0.6) is 0 Å². The van der Waals surface area contributed by atoms with Crippen molar-refractivity contribution in [3.63, 3.8) is 0 Å². The smallest absolute Gasteiger partial charge is 0.140 e. The summed E-state index contributed by atoms with van der Waals surface area (Å²) in [4.78, 5) is 11.8. The zero-order chi connectivity index (χ0) is 8.84. The van der Waals surface area contributed by atoms with Gasteiger partial charge in [-0.05, 0) is 43.4 Å². The van der Waals surface area contributed by atoms with Crippen LogP contribution in [0.3, 0.4) is 0 Å². The van der Waals surface area contributed by atoms with Crippen molar-refractivity contribution in [1.29, 1.82) is 0 Å². The van der Waals surface area contributed by atoms with Crippen LogP contribution in [0.4, 0.5) is 0 Å². The largest absolute Gasteiger partial charge is 0.299 e. The fraction of sp³-hybridized carbons (Fsp3) is 0.750. The van der Waals surface area contributed by atoms with Crippen molar-refractivity contribution in [2.75, 3.05) is 0 Å². The molecule has 0 spiro atoms. The van der Waals surface area contributed by atoms with Gasteiger partial charge in [-0.25, -0.2) is 0 Å². The first-order valence-corrected chi connectivity index (χ1v) is 5.55. The Balaban J connectivity index is 1.97. The summed E-state index contributed by atoms with van der Waals surface area (Å²) in [7, 11) is 0. The summed E-state index contributed by atoms with van der Waals surface area (Å²) >= 11 is 0. The summed E-state index contributed by atoms with van der Waals surface area (Å²) in [5.41, 5.74) is 0. The van der Waals surface area contributed by atoms with Gasteiger partial charge in [-0.2, -0.15) is 0 Å². The molecule has 4 rings (SSSR count). The van der Waals surface area contributed by atoms with E-state index in [1.165, 1.54) is 25.7 Å². The molecule has 70 valence electrons. The molecule has 1 heteroatoms. The monoisotopic (exact) mass is 176 g/mol. The summed E-state index contributed by atoms with van der Waals surface area (Å²) in [5, 5.41) is 0. The third-order valence-electron chi connectivity index (χ3n) is 4.33. The SMILES string of the molecule is O=C1CC=CC2C3CCC(CC3)C12. The van der Waals surface area contributed by atoms with Crippen LogP contribution in [0, 0.1) is 23.7 Å². The Labute approximate surface area is 79.2 Å². The highest BCUT2D eigenvalue weighted by Gasteiger charge is 2.46. The van der Waals surface area contributed by atoms with Crippen molar-refractivity contribution in [3.8, 4) is 0 Å². The number of carbonyl (C=O) groups is 1. The molecule has 2 atom stereocenters. The number of fused-ring (bicyclic) bond motifs is 2. The Morgan fingerprint density at radius 3 is 2.46 bits per heavy atom. The number of hydrogen-bond donors (Lipinski definition) is 0. The van der Waals surface area contributed by atoms with Crippen LogP contribution in [-0.2, 0) is 4.79 Å². The topological polar surface area (TPSA) is 17.1 Å². The van der Waals surface area contributed by atoms with E-state index in [1.54, 1.807) is 0 Å². The fourth-order valence-corrected chi connectivity index (χ4v) is 3.73. The molecule has 0 aromatic heterocycles. The van der Waals surface area contributed by atoms with Crippen LogP contribution in [0.2, 0.25) is 0 Å². The lowest BCUT2D eigenvalue weighted by Gasteiger charge is -2.48. The van der Waals surface area contributed by atoms with E-state index in [-0.39, 0.29) is 0 Å². The van der Waals surface area contributed by atoms with Crippen LogP contribution in [0.1, 0.15) is 32.1 Å². The maximum atomic E-state index is 11.8. The molecule has 0 aromatic rings. The second kappa shape index (κ2) is 2.70. The van der Waals surface area contributed by atoms with E-state index in [1.807, 2.05) is 0 Å². The van der Waals surface area contributed by atoms with E-state index in [4.69, 9.17) is 0 Å². The Bertz CT molecular complexity index is 258. The van der Waals surface area contributed by atoms with Crippen LogP contribution in [0.25, 0.3) is 0 Å². The van der Waals surface area contributed by atoms with Crippen LogP contribution < -0.4 is 0 Å². The molecule has 2 bridgehead atoms. The van der Waals surface area contributed by atoms with E-state index in [0.29, 0.717) is 24.0 Å². The van der Waals surface area contributed by atoms with Crippen molar-refractivity contribution in [3.05, 3.63) is 12.2 Å². The van der Waals surface area contributed by atoms with E-state index in [0.717, 1.165) is 11.8 Å². The van der Waals surface area contributed by atoms with E-state index in [9.17, 15) is 4.79 Å². The van der Waals surface area contributed by atoms with Gasteiger partial charge in [-0.15, -0.1) is 0 Å². The molecular weight excluding hydrogens is 160 g/mol. The molecular formula is C12H16O. The number of rotatable bonds is 0. The van der Waals surface area contributed by atoms with E-state index >= 15 is 0 Å². The molecule has 0 radical (unpaired) electrons. The minimum absolute atomic E-state index is 0.428. The van der Waals surface area contributed by atoms with Gasteiger partial charge in [0.1, 0.15) is 5.78 Å². The molecule has 0 aromatic carbocycles. The number of allylic oxidation sites excluding steroid dienone is 2. The minimum Gasteiger partial charge on any atom is -0.299 e. The van der Waals surface area contributed by atoms with E-state index < -0.39 is 0 Å². The van der Waals surface area contributed by atoms with Crippen molar-refractivity contribution in [1.82, 2.24) is 0 Å². The molecule has 0 saturated heterocycles. The van der Waals surface area contributed by atoms with Gasteiger partial charge in [-0.1, -0.05) is 12.2 Å². The summed E-state index contributed by atoms with van der Waals surface area (Å²) < 4.78 is 0. The molecule has 3 fully saturated rings. The van der Waals surface area contributed by atoms with Gasteiger partial charge >= 0.3 is 0 Å². The van der Waals surface area contributed by atoms with Crippen LogP contribution >= 0.6 is 0 Å². The summed E-state index contributed by atoms with van der Waals surface area (Å²) in [6.45, 7) is 0. The highest BCUT2D eigenvalue weighted by molar-refractivity contribution is 5.84. The van der Waals surface area contributed by atoms with Crippen LogP contribution in [-0.4, -0.2) is 5.78 Å². The third kappa shape index (κ3) is 1.02. The number of carbonyl (C=O) groups excluding carboxylic acids is 1. The van der Waals surface area contributed by atoms with Crippen molar-refractivity contribution in [2.24, 2.45) is 23.7 Å². The van der Waals surface area contributed by atoms with Gasteiger partial charge < -0.3 is 0 Å². The molecule has 2 unspecified atom stereocenters. The van der Waals surface area contributed by atoms with Crippen LogP contribution in [0.15, 0.2) is 12.2 Å². The van der Waals surface area contributed by atoms with Gasteiger partial charge in [0.2, 0.25) is 0 Å². The van der Waals surface area contributed by atoms with Gasteiger partial charge in [0.25, 0.3) is 0 Å². The van der Waals surface area contributed by atoms with Gasteiger partial charge in [0.15, 0.2) is 0 Å². The predicted octanol–water partition coefficient (Wildman–Crippen LogP) is 2.57. The maximum Gasteiger partial charge on any atom is 0.140 e. The number of hydrogen-bond acceptors (Lipinski definition) is 1. The van der Waals surface area contributed by atoms with Crippen molar-refractivity contribution in [2.45, 2.75) is 32.1 Å². The van der Waals surface area contributed by atoms with E-state index in [2.05, 4.69) is 12.2 Å². The highest BCUT2D eigenvalue weighted by atomic mass is 16.1. The Morgan fingerprint density at radius 1 is 1.08 bits per heavy atom. The molecule has 1 nitrogen and oxygen atoms in total. The van der Waals surface area contributed by atoms with Crippen molar-refractivity contribution >= 4 is 5.78 Å². The molecule has 0 amide bonds. The zero-order valence-electron chi connectivity index (χ0n) is 7.91. The first kappa shape index (κ1) is 7.78. The van der Waals surface area contributed by atoms with Gasteiger partial charge in [0.05, 0.1) is 0 Å². The molecule has 13 heavy (non-hydrogen) atoms. The summed E-state index contributed by atoms with van der Waals surface area (Å²) in [6.07, 6.45) is 10.6. The first-order valence-electron chi connectivity index (χ1n) is 5.55. The molecule has 0 N–H and O–H groups in total. The Hall–Kier alpha value is -0.590. The Kier molecular flexibility index (Phi) is 1.61. The maximum absolute atomic E-state index is 11.8. The van der Waals surface area contributed by atoms with Gasteiger partial charge in [0, 0.05) is 12.3 Å². The molecule has 0 heterocycles. The molecule has 3 saturated carbocycles. The fourth-order valence-electron chi connectivity index (χ4n) is 3.73. The minimum atomic E-state index is 0.428. The second-order valence-electron chi connectivity index (χ2n) is 4.88. The molecule has 4 aliphatic rings. The lowest BCUT2D eigenvalue weighted by molar-refractivity contribution is -0.130. The first-order chi connectivity index (χ1) is 6.36. The number of ketones is 1. The quantitative estimate of drug-likeness (QED) is 0.518. The highest BCUT2D eigenvalue weighted by Crippen LogP contribution is 2.51. The second-order valence-corrected chi connectivity index (χ2v) is 4.88. The average molecular weight is 176 g/mol. The summed E-state index contributed by atoms with van der Waals surface area (Å²) in [6, 6.07) is 0. The third-order valence-corrected chi connectivity index (χ3v) is 4.33. The number of Topliss-reactive ketones (excluding diaryl/α,β-unsaturated/α-hetero) is 1. The standard InChI is InChI=1S/C12H16O/c13-11-3-1-2-10-8-4-6-9(7-5-8)12(10)11/h1-2,8-10,12H,3-7H2. The average Bonchev–Trinajstić information content (AvgIpc) is 2.20. The van der Waals surface area contributed by atoms with Crippen molar-refractivity contribution < 1.29 is 4.79 Å². The zero-order valence-corrected chi connectivity index (χ0v) is 7.91. The predicted molar refractivity (Wildman–Crippen MR) is 51.2 cm³/mol. The normalized spacial score (nSPS) is 47.8. The Morgan fingerprint density at radius 2 is 1.77 bits per heavy atom. The molecule has 4 aliphatic carbocycles. The molecule has 0 aliphatic heterocycles. The lowest BCUT2D eigenvalue weighted by Crippen LogP contribution is -2.44. The summed E-state index contributed by atoms with van der Waals surface area (Å²) in [5.74, 6) is 3.18. The van der Waals surface area contributed by atoms with Gasteiger partial charge in [-0.3, -0.25) is 4.79 Å². The lowest BCUT2D eigenvalue weighted by atomic mass is 9.56.